The number of aryl methyl sites for hydroxylation is 1. The molecule has 1 aliphatic rings. The Labute approximate surface area is 280 Å². The zero-order chi connectivity index (χ0) is 33.0. The van der Waals surface area contributed by atoms with Gasteiger partial charge in [-0.05, 0) is 112 Å². The van der Waals surface area contributed by atoms with E-state index in [0.717, 1.165) is 47.9 Å². The van der Waals surface area contributed by atoms with Gasteiger partial charge in [-0.1, -0.05) is 30.3 Å². The number of halogens is 1. The second kappa shape index (κ2) is 15.3. The predicted octanol–water partition coefficient (Wildman–Crippen LogP) is 4.37. The van der Waals surface area contributed by atoms with Crippen LogP contribution in [0.3, 0.4) is 0 Å². The summed E-state index contributed by atoms with van der Waals surface area (Å²) in [4.78, 5) is 39.1. The molecule has 0 unspecified atom stereocenters. The second-order valence-electron chi connectivity index (χ2n) is 12.5. The SMILES string of the molecule is Cc1cc(S(=O)(=O)NC(C)C)ccc1-c1ccc(C[C@H](NC(=O)C2CCC(CN)CC2)C(=O)Nc2ccc3c(=O)[nH][nH]c3c2)cc1.Cl. The Balaban J connectivity index is 0.00000500. The lowest BCUT2D eigenvalue weighted by atomic mass is 9.81. The number of sulfonamides is 1. The Morgan fingerprint density at radius 3 is 2.30 bits per heavy atom. The normalized spacial score (nSPS) is 17.2. The highest BCUT2D eigenvalue weighted by molar-refractivity contribution is 7.89. The minimum absolute atomic E-state index is 0. The van der Waals surface area contributed by atoms with Gasteiger partial charge in [0.2, 0.25) is 21.8 Å². The Hall–Kier alpha value is -3.97. The number of nitrogens with one attached hydrogen (secondary N) is 5. The molecule has 5 rings (SSSR count). The standard InChI is InChI=1S/C34H42N6O5S.ClH/c1-20(2)40-46(44,45)27-13-15-28(21(3)16-27)24-8-4-22(5-9-24)17-31(37-32(41)25-10-6-23(19-35)7-11-25)34(43)36-26-12-14-29-30(18-26)38-39-33(29)42;/h4-5,8-9,12-16,18,20,23,25,31,40H,6-7,10-11,17,19,35H2,1-3H3,(H,36,43)(H,37,41)(H2,38,39,42);1H/t23?,25?,31-;/m0./s1. The number of carbonyl (C=O) groups is 2. The van der Waals surface area contributed by atoms with Crippen molar-refractivity contribution in [3.05, 3.63) is 82.1 Å². The summed E-state index contributed by atoms with van der Waals surface area (Å²) in [6.45, 7) is 6.04. The first-order chi connectivity index (χ1) is 21.9. The van der Waals surface area contributed by atoms with E-state index in [1.807, 2.05) is 31.2 Å². The fourth-order valence-electron chi connectivity index (χ4n) is 6.07. The first kappa shape index (κ1) is 35.9. The maximum atomic E-state index is 13.6. The number of carbonyl (C=O) groups excluding carboxylic acids is 2. The molecule has 1 atom stereocenters. The van der Waals surface area contributed by atoms with Crippen LogP contribution in [-0.4, -0.2) is 49.1 Å². The van der Waals surface area contributed by atoms with Crippen LogP contribution < -0.4 is 26.6 Å². The third-order valence-corrected chi connectivity index (χ3v) is 10.3. The van der Waals surface area contributed by atoms with Crippen LogP contribution in [-0.2, 0) is 26.0 Å². The number of H-pyrrole nitrogens is 2. The Morgan fingerprint density at radius 1 is 0.957 bits per heavy atom. The highest BCUT2D eigenvalue weighted by atomic mass is 35.5. The molecule has 1 saturated carbocycles. The van der Waals surface area contributed by atoms with Crippen LogP contribution in [0.1, 0.15) is 50.7 Å². The monoisotopic (exact) mass is 682 g/mol. The fraction of sp³-hybridized carbons (Fsp3) is 0.382. The Bertz CT molecular complexity index is 1880. The molecular formula is C34H43ClN6O5S. The molecule has 0 radical (unpaired) electrons. The van der Waals surface area contributed by atoms with E-state index in [1.165, 1.54) is 0 Å². The average molecular weight is 683 g/mol. The van der Waals surface area contributed by atoms with Crippen LogP contribution >= 0.6 is 12.4 Å². The van der Waals surface area contributed by atoms with Crippen LogP contribution in [0, 0.1) is 18.8 Å². The molecule has 1 aromatic heterocycles. The van der Waals surface area contributed by atoms with E-state index in [4.69, 9.17) is 5.73 Å². The molecule has 0 bridgehead atoms. The van der Waals surface area contributed by atoms with Crippen LogP contribution in [0.2, 0.25) is 0 Å². The van der Waals surface area contributed by atoms with Crippen molar-refractivity contribution < 1.29 is 18.0 Å². The quantitative estimate of drug-likeness (QED) is 0.137. The summed E-state index contributed by atoms with van der Waals surface area (Å²) in [5, 5.41) is 11.7. The van der Waals surface area contributed by atoms with Gasteiger partial charge in [-0.15, -0.1) is 12.4 Å². The number of amides is 2. The largest absolute Gasteiger partial charge is 0.344 e. The number of hydrogen-bond donors (Lipinski definition) is 6. The molecule has 1 aliphatic carbocycles. The number of fused-ring (bicyclic) bond motifs is 1. The van der Waals surface area contributed by atoms with Crippen molar-refractivity contribution >= 4 is 50.8 Å². The summed E-state index contributed by atoms with van der Waals surface area (Å²) in [5.74, 6) is -0.257. The van der Waals surface area contributed by atoms with Crippen molar-refractivity contribution in [3.8, 4) is 11.1 Å². The van der Waals surface area contributed by atoms with Crippen molar-refractivity contribution in [3.63, 3.8) is 0 Å². The fourth-order valence-corrected chi connectivity index (χ4v) is 7.40. The van der Waals surface area contributed by atoms with Gasteiger partial charge in [-0.25, -0.2) is 13.1 Å². The predicted molar refractivity (Wildman–Crippen MR) is 187 cm³/mol. The number of benzene rings is 3. The van der Waals surface area contributed by atoms with Gasteiger partial charge in [0.05, 0.1) is 15.8 Å². The molecule has 4 aromatic rings. The van der Waals surface area contributed by atoms with Crippen molar-refractivity contribution in [2.75, 3.05) is 11.9 Å². The molecular weight excluding hydrogens is 640 g/mol. The van der Waals surface area contributed by atoms with Crippen molar-refractivity contribution in [2.45, 2.75) is 69.9 Å². The lowest BCUT2D eigenvalue weighted by Crippen LogP contribution is -2.48. The highest BCUT2D eigenvalue weighted by Crippen LogP contribution is 2.29. The molecule has 11 nitrogen and oxygen atoms in total. The van der Waals surface area contributed by atoms with Crippen molar-refractivity contribution in [1.29, 1.82) is 0 Å². The number of aromatic amines is 2. The summed E-state index contributed by atoms with van der Waals surface area (Å²) >= 11 is 0. The number of nitrogens with two attached hydrogens (primary N) is 1. The zero-order valence-electron chi connectivity index (χ0n) is 26.8. The molecule has 3 aromatic carbocycles. The third-order valence-electron chi connectivity index (χ3n) is 8.63. The van der Waals surface area contributed by atoms with E-state index in [0.29, 0.717) is 29.1 Å². The van der Waals surface area contributed by atoms with Gasteiger partial charge < -0.3 is 16.4 Å². The van der Waals surface area contributed by atoms with Crippen LogP contribution in [0.25, 0.3) is 22.0 Å². The minimum atomic E-state index is -3.61. The lowest BCUT2D eigenvalue weighted by molar-refractivity contribution is -0.130. The van der Waals surface area contributed by atoms with E-state index >= 15 is 0 Å². The smallest absolute Gasteiger partial charge is 0.271 e. The summed E-state index contributed by atoms with van der Waals surface area (Å²) in [7, 11) is -3.61. The Morgan fingerprint density at radius 2 is 1.66 bits per heavy atom. The van der Waals surface area contributed by atoms with Gasteiger partial charge in [0.15, 0.2) is 0 Å². The number of aromatic nitrogens is 2. The number of anilines is 1. The molecule has 252 valence electrons. The maximum absolute atomic E-state index is 13.6. The summed E-state index contributed by atoms with van der Waals surface area (Å²) in [6.07, 6.45) is 3.52. The second-order valence-corrected chi connectivity index (χ2v) is 14.2. The lowest BCUT2D eigenvalue weighted by Gasteiger charge is -2.28. The molecule has 47 heavy (non-hydrogen) atoms. The van der Waals surface area contributed by atoms with Crippen molar-refractivity contribution in [2.24, 2.45) is 17.6 Å². The highest BCUT2D eigenvalue weighted by Gasteiger charge is 2.29. The van der Waals surface area contributed by atoms with Gasteiger partial charge in [-0.2, -0.15) is 0 Å². The third kappa shape index (κ3) is 8.69. The van der Waals surface area contributed by atoms with Crippen LogP contribution in [0.4, 0.5) is 5.69 Å². The molecule has 2 amide bonds. The first-order valence-corrected chi connectivity index (χ1v) is 17.2. The van der Waals surface area contributed by atoms with Gasteiger partial charge in [0.25, 0.3) is 5.56 Å². The van der Waals surface area contributed by atoms with Gasteiger partial charge in [0.1, 0.15) is 6.04 Å². The molecule has 1 heterocycles. The zero-order valence-corrected chi connectivity index (χ0v) is 28.4. The molecule has 7 N–H and O–H groups in total. The molecule has 0 aliphatic heterocycles. The average Bonchev–Trinajstić information content (AvgIpc) is 3.40. The van der Waals surface area contributed by atoms with E-state index in [2.05, 4.69) is 25.6 Å². The van der Waals surface area contributed by atoms with Gasteiger partial charge >= 0.3 is 0 Å². The molecule has 0 spiro atoms. The van der Waals surface area contributed by atoms with Gasteiger partial charge in [-0.3, -0.25) is 24.6 Å². The summed E-state index contributed by atoms with van der Waals surface area (Å²) in [5.41, 5.74) is 10.1. The van der Waals surface area contributed by atoms with E-state index in [9.17, 15) is 22.8 Å². The van der Waals surface area contributed by atoms with Crippen LogP contribution in [0.15, 0.2) is 70.4 Å². The van der Waals surface area contributed by atoms with Gasteiger partial charge in [0, 0.05) is 24.1 Å². The molecule has 0 saturated heterocycles. The van der Waals surface area contributed by atoms with E-state index in [-0.39, 0.29) is 53.1 Å². The number of rotatable bonds is 11. The first-order valence-electron chi connectivity index (χ1n) is 15.7. The summed E-state index contributed by atoms with van der Waals surface area (Å²) in [6, 6.07) is 16.6. The minimum Gasteiger partial charge on any atom is -0.344 e. The summed E-state index contributed by atoms with van der Waals surface area (Å²) < 4.78 is 27.9. The topological polar surface area (TPSA) is 179 Å². The van der Waals surface area contributed by atoms with Crippen molar-refractivity contribution in [1.82, 2.24) is 20.2 Å². The van der Waals surface area contributed by atoms with E-state index in [1.54, 1.807) is 50.2 Å². The Kier molecular flexibility index (Phi) is 11.7. The number of hydrogen-bond acceptors (Lipinski definition) is 6. The van der Waals surface area contributed by atoms with E-state index < -0.39 is 16.1 Å². The maximum Gasteiger partial charge on any atom is 0.271 e. The van der Waals surface area contributed by atoms with Crippen LogP contribution in [0.5, 0.6) is 0 Å². The molecule has 1 fully saturated rings. The molecule has 13 heteroatoms.